The van der Waals surface area contributed by atoms with Crippen molar-refractivity contribution in [2.75, 3.05) is 6.61 Å². The predicted octanol–water partition coefficient (Wildman–Crippen LogP) is -0.480. The predicted molar refractivity (Wildman–Crippen MR) is 71.6 cm³/mol. The van der Waals surface area contributed by atoms with Gasteiger partial charge < -0.3 is 14.9 Å². The van der Waals surface area contributed by atoms with E-state index in [9.17, 15) is 14.7 Å². The minimum atomic E-state index is -0.671. The largest absolute Gasteiger partial charge is 0.396 e. The number of nitrogens with one attached hydrogen (secondary N) is 1. The van der Waals surface area contributed by atoms with E-state index in [2.05, 4.69) is 4.98 Å². The van der Waals surface area contributed by atoms with Crippen LogP contribution < -0.4 is 11.2 Å². The minimum Gasteiger partial charge on any atom is -0.396 e. The Morgan fingerprint density at radius 1 is 1.50 bits per heavy atom. The molecular weight excluding hydrogens is 264 g/mol. The molecule has 1 fully saturated rings. The number of hydrogen-bond donors (Lipinski definition) is 3. The highest BCUT2D eigenvalue weighted by Gasteiger charge is 2.35. The number of rotatable bonds is 5. The van der Waals surface area contributed by atoms with Gasteiger partial charge in [0.1, 0.15) is 6.23 Å². The first-order valence-corrected chi connectivity index (χ1v) is 6.85. The first-order chi connectivity index (χ1) is 9.56. The number of aromatic nitrogens is 2. The Hall–Kier alpha value is -1.44. The molecule has 1 aliphatic heterocycles. The molecule has 7 nitrogen and oxygen atoms in total. The standard InChI is InChI=1S/C13H20N2O5/c1-2-8-7-15(13(19)14-12(8)18)11-6-9(17)10(20-11)4-3-5-16/h7,9-11,16-17H,2-6H2,1H3,(H,14,18,19)/t9?,10-,11-/m0/s1. The molecule has 0 spiro atoms. The third-order valence-electron chi connectivity index (χ3n) is 3.58. The van der Waals surface area contributed by atoms with E-state index in [1.807, 2.05) is 6.92 Å². The lowest BCUT2D eigenvalue weighted by Gasteiger charge is -2.16. The molecule has 3 N–H and O–H groups in total. The Morgan fingerprint density at radius 2 is 2.25 bits per heavy atom. The fourth-order valence-electron chi connectivity index (χ4n) is 2.43. The van der Waals surface area contributed by atoms with Crippen LogP contribution >= 0.6 is 0 Å². The van der Waals surface area contributed by atoms with Crippen LogP contribution in [0.5, 0.6) is 0 Å². The highest BCUT2D eigenvalue weighted by molar-refractivity contribution is 5.04. The minimum absolute atomic E-state index is 0.0375. The van der Waals surface area contributed by atoms with E-state index in [0.717, 1.165) is 0 Å². The zero-order valence-electron chi connectivity index (χ0n) is 11.4. The molecular formula is C13H20N2O5. The molecule has 2 heterocycles. The zero-order chi connectivity index (χ0) is 14.7. The van der Waals surface area contributed by atoms with Gasteiger partial charge in [0.15, 0.2) is 0 Å². The zero-order valence-corrected chi connectivity index (χ0v) is 11.4. The molecule has 2 rings (SSSR count). The third kappa shape index (κ3) is 3.00. The summed E-state index contributed by atoms with van der Waals surface area (Å²) in [6, 6.07) is 0. The van der Waals surface area contributed by atoms with Crippen molar-refractivity contribution >= 4 is 0 Å². The summed E-state index contributed by atoms with van der Waals surface area (Å²) < 4.78 is 6.98. The highest BCUT2D eigenvalue weighted by atomic mass is 16.5. The molecule has 3 atom stereocenters. The molecule has 112 valence electrons. The van der Waals surface area contributed by atoms with Crippen LogP contribution in [0.15, 0.2) is 15.8 Å². The molecule has 1 aromatic rings. The quantitative estimate of drug-likeness (QED) is 0.677. The van der Waals surface area contributed by atoms with Gasteiger partial charge in [0.2, 0.25) is 0 Å². The topological polar surface area (TPSA) is 105 Å². The van der Waals surface area contributed by atoms with E-state index < -0.39 is 24.1 Å². The first kappa shape index (κ1) is 15.0. The summed E-state index contributed by atoms with van der Waals surface area (Å²) >= 11 is 0. The van der Waals surface area contributed by atoms with Crippen LogP contribution in [-0.2, 0) is 11.2 Å². The maximum absolute atomic E-state index is 11.8. The molecule has 0 amide bonds. The van der Waals surface area contributed by atoms with E-state index in [1.54, 1.807) is 0 Å². The van der Waals surface area contributed by atoms with Crippen molar-refractivity contribution < 1.29 is 14.9 Å². The highest BCUT2D eigenvalue weighted by Crippen LogP contribution is 2.29. The van der Waals surface area contributed by atoms with Crippen molar-refractivity contribution in [3.8, 4) is 0 Å². The number of hydrogen-bond acceptors (Lipinski definition) is 5. The lowest BCUT2D eigenvalue weighted by atomic mass is 10.1. The number of nitrogens with zero attached hydrogens (tertiary/aromatic N) is 1. The summed E-state index contributed by atoms with van der Waals surface area (Å²) in [5.41, 5.74) is -0.419. The molecule has 1 unspecified atom stereocenters. The average molecular weight is 284 g/mol. The summed E-state index contributed by atoms with van der Waals surface area (Å²) in [5, 5.41) is 18.7. The van der Waals surface area contributed by atoms with Crippen LogP contribution in [0, 0.1) is 0 Å². The second-order valence-corrected chi connectivity index (χ2v) is 4.97. The van der Waals surface area contributed by atoms with Crippen molar-refractivity contribution in [3.63, 3.8) is 0 Å². The van der Waals surface area contributed by atoms with Crippen molar-refractivity contribution in [1.82, 2.24) is 9.55 Å². The third-order valence-corrected chi connectivity index (χ3v) is 3.58. The molecule has 0 aliphatic carbocycles. The molecule has 0 radical (unpaired) electrons. The average Bonchev–Trinajstić information content (AvgIpc) is 2.77. The van der Waals surface area contributed by atoms with Crippen molar-refractivity contribution in [2.45, 2.75) is 51.0 Å². The van der Waals surface area contributed by atoms with Crippen molar-refractivity contribution in [2.24, 2.45) is 0 Å². The van der Waals surface area contributed by atoms with Gasteiger partial charge >= 0.3 is 5.69 Å². The van der Waals surface area contributed by atoms with Gasteiger partial charge in [-0.3, -0.25) is 14.3 Å². The van der Waals surface area contributed by atoms with Crippen molar-refractivity contribution in [1.29, 1.82) is 0 Å². The van der Waals surface area contributed by atoms with Gasteiger partial charge in [-0.1, -0.05) is 6.92 Å². The molecule has 0 aromatic carbocycles. The van der Waals surface area contributed by atoms with Gasteiger partial charge in [-0.15, -0.1) is 0 Å². The van der Waals surface area contributed by atoms with Gasteiger partial charge in [0.05, 0.1) is 12.2 Å². The van der Waals surface area contributed by atoms with Gasteiger partial charge in [0, 0.05) is 24.8 Å². The Balaban J connectivity index is 2.21. The molecule has 1 saturated heterocycles. The van der Waals surface area contributed by atoms with Crippen molar-refractivity contribution in [3.05, 3.63) is 32.6 Å². The monoisotopic (exact) mass is 284 g/mol. The van der Waals surface area contributed by atoms with Gasteiger partial charge in [-0.25, -0.2) is 4.79 Å². The molecule has 7 heteroatoms. The Kier molecular flexibility index (Phi) is 4.74. The Morgan fingerprint density at radius 3 is 2.90 bits per heavy atom. The van der Waals surface area contributed by atoms with Crippen LogP contribution in [-0.4, -0.2) is 38.6 Å². The maximum atomic E-state index is 11.8. The second-order valence-electron chi connectivity index (χ2n) is 4.97. The summed E-state index contributed by atoms with van der Waals surface area (Å²) in [6.45, 7) is 1.86. The van der Waals surface area contributed by atoms with Gasteiger partial charge in [-0.2, -0.15) is 0 Å². The van der Waals surface area contributed by atoms with E-state index in [1.165, 1.54) is 10.8 Å². The van der Waals surface area contributed by atoms with Crippen LogP contribution in [0.1, 0.15) is 38.0 Å². The number of aliphatic hydroxyl groups excluding tert-OH is 2. The molecule has 0 saturated carbocycles. The fraction of sp³-hybridized carbons (Fsp3) is 0.692. The number of aromatic amines is 1. The number of aliphatic hydroxyl groups is 2. The lowest BCUT2D eigenvalue weighted by molar-refractivity contribution is -0.0267. The number of ether oxygens (including phenoxy) is 1. The van der Waals surface area contributed by atoms with E-state index >= 15 is 0 Å². The van der Waals surface area contributed by atoms with Crippen LogP contribution in [0.25, 0.3) is 0 Å². The fourth-order valence-corrected chi connectivity index (χ4v) is 2.43. The lowest BCUT2D eigenvalue weighted by Crippen LogP contribution is -2.34. The SMILES string of the molecule is CCc1cn([C@@H]2CC(O)[C@H](CCCO)O2)c(=O)[nH]c1=O. The van der Waals surface area contributed by atoms with Gasteiger partial charge in [-0.05, 0) is 19.3 Å². The summed E-state index contributed by atoms with van der Waals surface area (Å²) in [4.78, 5) is 25.6. The van der Waals surface area contributed by atoms with E-state index in [0.29, 0.717) is 31.2 Å². The summed E-state index contributed by atoms with van der Waals surface area (Å²) in [7, 11) is 0. The molecule has 0 bridgehead atoms. The van der Waals surface area contributed by atoms with Crippen LogP contribution in [0.4, 0.5) is 0 Å². The van der Waals surface area contributed by atoms with Crippen LogP contribution in [0.2, 0.25) is 0 Å². The molecule has 1 aromatic heterocycles. The summed E-state index contributed by atoms with van der Waals surface area (Å²) in [6.07, 6.45) is 1.73. The Bertz CT molecular complexity index is 565. The number of H-pyrrole nitrogens is 1. The second kappa shape index (κ2) is 6.34. The first-order valence-electron chi connectivity index (χ1n) is 6.85. The summed E-state index contributed by atoms with van der Waals surface area (Å²) in [5.74, 6) is 0. The maximum Gasteiger partial charge on any atom is 0.330 e. The molecule has 20 heavy (non-hydrogen) atoms. The Labute approximate surface area is 115 Å². The normalized spacial score (nSPS) is 26.1. The molecule has 1 aliphatic rings. The van der Waals surface area contributed by atoms with E-state index in [4.69, 9.17) is 9.84 Å². The van der Waals surface area contributed by atoms with Gasteiger partial charge in [0.25, 0.3) is 5.56 Å². The van der Waals surface area contributed by atoms with Crippen LogP contribution in [0.3, 0.4) is 0 Å². The van der Waals surface area contributed by atoms with E-state index in [-0.39, 0.29) is 12.2 Å². The number of aryl methyl sites for hydroxylation is 1. The smallest absolute Gasteiger partial charge is 0.330 e.